The minimum absolute atomic E-state index is 0.0133. The van der Waals surface area contributed by atoms with Crippen LogP contribution in [0.4, 0.5) is 0 Å². The number of fused-ring (bicyclic) bond motifs is 3. The summed E-state index contributed by atoms with van der Waals surface area (Å²) in [5.74, 6) is 4.14. The lowest BCUT2D eigenvalue weighted by Crippen LogP contribution is -2.50. The van der Waals surface area contributed by atoms with Gasteiger partial charge in [0.25, 0.3) is 0 Å². The Labute approximate surface area is 209 Å². The second kappa shape index (κ2) is 11.5. The fraction of sp³-hybridized carbons (Fsp3) is 0.778. The molecule has 35 heavy (non-hydrogen) atoms. The zero-order valence-corrected chi connectivity index (χ0v) is 22.0. The van der Waals surface area contributed by atoms with E-state index in [1.54, 1.807) is 35.5 Å². The van der Waals surface area contributed by atoms with Crippen LogP contribution in [0.15, 0.2) is 34.7 Å². The second-order valence-corrected chi connectivity index (χ2v) is 10.1. The summed E-state index contributed by atoms with van der Waals surface area (Å²) < 4.78 is 40.6. The van der Waals surface area contributed by atoms with Gasteiger partial charge in [-0.25, -0.2) is 0 Å². The summed E-state index contributed by atoms with van der Waals surface area (Å²) in [4.78, 5) is 0. The van der Waals surface area contributed by atoms with Crippen LogP contribution in [0.3, 0.4) is 0 Å². The van der Waals surface area contributed by atoms with Gasteiger partial charge in [0.05, 0.1) is 40.1 Å². The van der Waals surface area contributed by atoms with Crippen LogP contribution in [0.5, 0.6) is 0 Å². The molecule has 3 unspecified atom stereocenters. The molecule has 0 aromatic carbocycles. The minimum atomic E-state index is -0.811. The van der Waals surface area contributed by atoms with E-state index < -0.39 is 6.29 Å². The van der Waals surface area contributed by atoms with Gasteiger partial charge in [-0.2, -0.15) is 0 Å². The quantitative estimate of drug-likeness (QED) is 0.483. The molecule has 8 atom stereocenters. The Hall–Kier alpha value is -1.74. The lowest BCUT2D eigenvalue weighted by molar-refractivity contribution is -0.230. The number of hydrogen-bond acceptors (Lipinski definition) is 8. The zero-order valence-electron chi connectivity index (χ0n) is 22.0. The van der Waals surface area contributed by atoms with E-state index in [0.29, 0.717) is 24.9 Å². The molecule has 1 fully saturated rings. The van der Waals surface area contributed by atoms with Crippen molar-refractivity contribution in [3.63, 3.8) is 0 Å². The smallest absolute Gasteiger partial charge is 0.162 e. The summed E-state index contributed by atoms with van der Waals surface area (Å²) in [5, 5.41) is 10.9. The van der Waals surface area contributed by atoms with Gasteiger partial charge < -0.3 is 38.3 Å². The van der Waals surface area contributed by atoms with Gasteiger partial charge in [0, 0.05) is 45.3 Å². The third kappa shape index (κ3) is 5.36. The third-order valence-corrected chi connectivity index (χ3v) is 8.41. The van der Waals surface area contributed by atoms with Crippen LogP contribution < -0.4 is 0 Å². The van der Waals surface area contributed by atoms with E-state index in [-0.39, 0.29) is 30.1 Å². The van der Waals surface area contributed by atoms with Crippen molar-refractivity contribution in [2.24, 2.45) is 23.7 Å². The molecule has 4 rings (SSSR count). The van der Waals surface area contributed by atoms with E-state index in [0.717, 1.165) is 55.1 Å². The first-order valence-corrected chi connectivity index (χ1v) is 12.7. The van der Waals surface area contributed by atoms with E-state index in [4.69, 9.17) is 33.2 Å². The van der Waals surface area contributed by atoms with Crippen LogP contribution in [0, 0.1) is 23.7 Å². The Morgan fingerprint density at radius 1 is 0.971 bits per heavy atom. The first kappa shape index (κ1) is 26.3. The summed E-state index contributed by atoms with van der Waals surface area (Å²) in [6.45, 7) is 2.59. The van der Waals surface area contributed by atoms with Gasteiger partial charge in [-0.3, -0.25) is 0 Å². The summed E-state index contributed by atoms with van der Waals surface area (Å²) in [5.41, 5.74) is 1.25. The van der Waals surface area contributed by atoms with Crippen LogP contribution in [-0.4, -0.2) is 71.9 Å². The van der Waals surface area contributed by atoms with E-state index >= 15 is 0 Å². The first-order valence-electron chi connectivity index (χ1n) is 12.7. The summed E-state index contributed by atoms with van der Waals surface area (Å²) in [6, 6.07) is 0. The molecule has 4 aliphatic rings. The molecule has 0 aromatic heterocycles. The lowest BCUT2D eigenvalue weighted by Gasteiger charge is -2.49. The fourth-order valence-electron chi connectivity index (χ4n) is 6.37. The van der Waals surface area contributed by atoms with Gasteiger partial charge in [-0.05, 0) is 43.6 Å². The minimum Gasteiger partial charge on any atom is -0.498 e. The van der Waals surface area contributed by atoms with Crippen molar-refractivity contribution < 1.29 is 38.3 Å². The molecule has 0 saturated carbocycles. The zero-order chi connectivity index (χ0) is 25.1. The van der Waals surface area contributed by atoms with Gasteiger partial charge in [0.2, 0.25) is 0 Å². The molecule has 1 heterocycles. The molecular weight excluding hydrogens is 452 g/mol. The monoisotopic (exact) mass is 494 g/mol. The van der Waals surface area contributed by atoms with E-state index in [1.807, 2.05) is 0 Å². The number of methoxy groups -OCH3 is 5. The summed E-state index contributed by atoms with van der Waals surface area (Å²) in [6.07, 6.45) is 6.11. The Morgan fingerprint density at radius 2 is 1.74 bits per heavy atom. The van der Waals surface area contributed by atoms with Crippen molar-refractivity contribution in [3.05, 3.63) is 34.7 Å². The summed E-state index contributed by atoms with van der Waals surface area (Å²) in [7, 11) is 8.44. The van der Waals surface area contributed by atoms with Crippen LogP contribution in [-0.2, 0) is 33.2 Å². The van der Waals surface area contributed by atoms with Crippen LogP contribution in [0.25, 0.3) is 0 Å². The molecule has 0 radical (unpaired) electrons. The normalized spacial score (nSPS) is 36.1. The van der Waals surface area contributed by atoms with Crippen molar-refractivity contribution >= 4 is 0 Å². The first-order chi connectivity index (χ1) is 16.9. The predicted molar refractivity (Wildman–Crippen MR) is 129 cm³/mol. The molecule has 198 valence electrons. The highest BCUT2D eigenvalue weighted by Gasteiger charge is 2.48. The Bertz CT molecular complexity index is 833. The number of aliphatic hydroxyl groups excluding tert-OH is 1. The van der Waals surface area contributed by atoms with Crippen LogP contribution in [0.1, 0.15) is 45.4 Å². The highest BCUT2D eigenvalue weighted by atomic mass is 16.6. The molecular formula is C27H42O8. The van der Waals surface area contributed by atoms with Gasteiger partial charge in [0.15, 0.2) is 12.0 Å². The van der Waals surface area contributed by atoms with Crippen LogP contribution in [0.2, 0.25) is 0 Å². The van der Waals surface area contributed by atoms with E-state index in [1.165, 1.54) is 5.57 Å². The number of allylic oxidation sites excluding steroid dienone is 2. The third-order valence-electron chi connectivity index (χ3n) is 8.41. The lowest BCUT2D eigenvalue weighted by atomic mass is 9.66. The van der Waals surface area contributed by atoms with Crippen molar-refractivity contribution in [1.29, 1.82) is 0 Å². The number of aliphatic hydroxyl groups is 1. The maximum atomic E-state index is 10.9. The second-order valence-electron chi connectivity index (χ2n) is 10.1. The Balaban J connectivity index is 1.45. The van der Waals surface area contributed by atoms with E-state index in [2.05, 4.69) is 13.0 Å². The highest BCUT2D eigenvalue weighted by molar-refractivity contribution is 5.20. The number of rotatable bonds is 9. The van der Waals surface area contributed by atoms with Crippen molar-refractivity contribution in [2.45, 2.75) is 70.1 Å². The molecule has 1 N–H and O–H groups in total. The molecule has 3 aliphatic carbocycles. The average Bonchev–Trinajstić information content (AvgIpc) is 2.90. The van der Waals surface area contributed by atoms with Crippen molar-refractivity contribution in [2.75, 3.05) is 42.2 Å². The molecule has 1 saturated heterocycles. The Morgan fingerprint density at radius 3 is 2.40 bits per heavy atom. The van der Waals surface area contributed by atoms with E-state index in [9.17, 15) is 5.11 Å². The maximum absolute atomic E-state index is 10.9. The summed E-state index contributed by atoms with van der Waals surface area (Å²) >= 11 is 0. The largest absolute Gasteiger partial charge is 0.498 e. The van der Waals surface area contributed by atoms with Gasteiger partial charge >= 0.3 is 0 Å². The van der Waals surface area contributed by atoms with Gasteiger partial charge in [-0.1, -0.05) is 6.08 Å². The molecule has 1 aliphatic heterocycles. The fourth-order valence-corrected chi connectivity index (χ4v) is 6.37. The number of hydrogen-bond donors (Lipinski definition) is 1. The highest BCUT2D eigenvalue weighted by Crippen LogP contribution is 2.49. The molecule has 0 spiro atoms. The number of ether oxygens (including phenoxy) is 7. The SMILES string of the molecule is COC1=C(OC[C@@H]2CC(OC)=C(OC)[C@H](OC)C2)C[C@@H]2OC(O)[C@@H]3C=C([C@H](C)OC)CCC3C2C1. The Kier molecular flexibility index (Phi) is 8.68. The van der Waals surface area contributed by atoms with Crippen molar-refractivity contribution in [1.82, 2.24) is 0 Å². The molecule has 8 heteroatoms. The maximum Gasteiger partial charge on any atom is 0.162 e. The van der Waals surface area contributed by atoms with Crippen LogP contribution >= 0.6 is 0 Å². The predicted octanol–water partition coefficient (Wildman–Crippen LogP) is 3.91. The van der Waals surface area contributed by atoms with Gasteiger partial charge in [0.1, 0.15) is 23.4 Å². The standard InChI is InChI=1S/C27H42O8/c1-15(29-2)17-7-8-18-19-12-22(30-3)23(13-21(19)35-27(28)20(18)11-17)34-14-16-9-24(31-4)26(33-6)25(10-16)32-5/h11,15-16,18-21,24,27-28H,7-10,12-14H2,1-6H3/t15-,16-,18?,19?,20+,21-,24+,27?/m0/s1. The van der Waals surface area contributed by atoms with Crippen molar-refractivity contribution in [3.8, 4) is 0 Å². The molecule has 0 amide bonds. The average molecular weight is 495 g/mol. The topological polar surface area (TPSA) is 84.8 Å². The molecule has 0 bridgehead atoms. The molecule has 0 aromatic rings. The molecule has 8 nitrogen and oxygen atoms in total. The van der Waals surface area contributed by atoms with Gasteiger partial charge in [-0.15, -0.1) is 0 Å².